The van der Waals surface area contributed by atoms with Gasteiger partial charge in [0.2, 0.25) is 0 Å². The van der Waals surface area contributed by atoms with Gasteiger partial charge in [0.15, 0.2) is 0 Å². The minimum Gasteiger partial charge on any atom is -0.455 e. The molecule has 2 heterocycles. The summed E-state index contributed by atoms with van der Waals surface area (Å²) in [7, 11) is 0. The van der Waals surface area contributed by atoms with E-state index in [-0.39, 0.29) is 5.41 Å². The molecule has 0 saturated heterocycles. The highest BCUT2D eigenvalue weighted by Crippen LogP contribution is 2.53. The number of fused-ring (bicyclic) bond motifs is 18. The molecule has 2 heteroatoms. The van der Waals surface area contributed by atoms with Crippen LogP contribution in [0.25, 0.3) is 105 Å². The topological polar surface area (TPSA) is 18.1 Å². The summed E-state index contributed by atoms with van der Waals surface area (Å²) in [5.41, 5.74) is 20.4. The molecule has 10 aromatic rings. The smallest absolute Gasteiger partial charge is 0.143 e. The second-order valence-electron chi connectivity index (χ2n) is 15.2. The van der Waals surface area contributed by atoms with Gasteiger partial charge in [-0.15, -0.1) is 0 Å². The van der Waals surface area contributed by atoms with Gasteiger partial charge in [0.1, 0.15) is 11.2 Å². The van der Waals surface area contributed by atoms with Crippen LogP contribution in [0.2, 0.25) is 0 Å². The van der Waals surface area contributed by atoms with E-state index < -0.39 is 0 Å². The average Bonchev–Trinajstić information content (AvgIpc) is 3.81. The van der Waals surface area contributed by atoms with Crippen molar-refractivity contribution in [3.63, 3.8) is 0 Å². The fourth-order valence-corrected chi connectivity index (χ4v) is 9.74. The predicted molar refractivity (Wildman–Crippen MR) is 221 cm³/mol. The maximum absolute atomic E-state index is 6.76. The van der Waals surface area contributed by atoms with Crippen LogP contribution in [0, 0.1) is 0 Å². The molecule has 0 saturated carbocycles. The van der Waals surface area contributed by atoms with Crippen molar-refractivity contribution >= 4 is 43.7 Å². The number of hydrogen-bond acceptors (Lipinski definition) is 1. The standard InChI is InChI=1S/C51H33NO/c1-51(2)44-20-10-7-16-35(44)42-28-43-36-17-8-11-21-46(36)52(47(43)29-45(42)51)30-23-24-34-39-25-26-40-37-18-9-12-22-48(37)53-50(40)49(39)38-19-6-5-14-32(38)31-13-3-4-15-33(31)41(34)27-30/h3-29H,1-2H3. The lowest BCUT2D eigenvalue weighted by molar-refractivity contribution is 0.661. The fraction of sp³-hybridized carbons (Fsp3) is 0.0588. The van der Waals surface area contributed by atoms with Crippen LogP contribution in [0.3, 0.4) is 0 Å². The first kappa shape index (κ1) is 29.0. The van der Waals surface area contributed by atoms with E-state index in [0.717, 1.165) is 33.2 Å². The van der Waals surface area contributed by atoms with Gasteiger partial charge in [0.25, 0.3) is 0 Å². The Morgan fingerprint density at radius 2 is 1.02 bits per heavy atom. The number of rotatable bonds is 1. The lowest BCUT2D eigenvalue weighted by Gasteiger charge is -2.24. The van der Waals surface area contributed by atoms with Crippen molar-refractivity contribution in [1.82, 2.24) is 4.57 Å². The van der Waals surface area contributed by atoms with Gasteiger partial charge >= 0.3 is 0 Å². The lowest BCUT2D eigenvalue weighted by Crippen LogP contribution is -2.15. The van der Waals surface area contributed by atoms with E-state index in [2.05, 4.69) is 182 Å². The van der Waals surface area contributed by atoms with E-state index in [1.165, 1.54) is 83.0 Å². The summed E-state index contributed by atoms with van der Waals surface area (Å²) < 4.78 is 9.25. The third kappa shape index (κ3) is 3.77. The Morgan fingerprint density at radius 1 is 0.396 bits per heavy atom. The number of furan rings is 1. The Hall–Kier alpha value is -6.64. The second kappa shape index (κ2) is 10.2. The predicted octanol–water partition coefficient (Wildman–Crippen LogP) is 14.0. The van der Waals surface area contributed by atoms with Gasteiger partial charge in [-0.05, 0) is 104 Å². The van der Waals surface area contributed by atoms with Gasteiger partial charge in [0, 0.05) is 38.2 Å². The largest absolute Gasteiger partial charge is 0.455 e. The van der Waals surface area contributed by atoms with Gasteiger partial charge in [-0.25, -0.2) is 0 Å². The van der Waals surface area contributed by atoms with Crippen molar-refractivity contribution < 1.29 is 4.42 Å². The molecule has 0 unspecified atom stereocenters. The summed E-state index contributed by atoms with van der Waals surface area (Å²) >= 11 is 0. The van der Waals surface area contributed by atoms with Crippen molar-refractivity contribution in [2.24, 2.45) is 0 Å². The van der Waals surface area contributed by atoms with E-state index in [9.17, 15) is 0 Å². The summed E-state index contributed by atoms with van der Waals surface area (Å²) in [5, 5.41) is 4.84. The Morgan fingerprint density at radius 3 is 1.85 bits per heavy atom. The zero-order valence-corrected chi connectivity index (χ0v) is 29.4. The van der Waals surface area contributed by atoms with Crippen molar-refractivity contribution in [2.45, 2.75) is 19.3 Å². The van der Waals surface area contributed by atoms with Gasteiger partial charge in [0.05, 0.1) is 11.0 Å². The summed E-state index contributed by atoms with van der Waals surface area (Å²) in [4.78, 5) is 0. The molecule has 53 heavy (non-hydrogen) atoms. The van der Waals surface area contributed by atoms with Crippen molar-refractivity contribution in [3.05, 3.63) is 175 Å². The minimum atomic E-state index is -0.0918. The van der Waals surface area contributed by atoms with Crippen LogP contribution >= 0.6 is 0 Å². The van der Waals surface area contributed by atoms with Crippen LogP contribution in [0.1, 0.15) is 25.0 Å². The number of hydrogen-bond donors (Lipinski definition) is 0. The highest BCUT2D eigenvalue weighted by Gasteiger charge is 2.36. The molecule has 0 amide bonds. The molecule has 0 N–H and O–H groups in total. The van der Waals surface area contributed by atoms with Crippen LogP contribution in [0.4, 0.5) is 0 Å². The first-order valence-corrected chi connectivity index (χ1v) is 18.5. The third-order valence-electron chi connectivity index (χ3n) is 12.2. The molecular formula is C51H33NO. The molecule has 2 aliphatic carbocycles. The van der Waals surface area contributed by atoms with E-state index in [1.807, 2.05) is 0 Å². The Kier molecular flexibility index (Phi) is 5.60. The minimum absolute atomic E-state index is 0.0918. The van der Waals surface area contributed by atoms with Gasteiger partial charge in [-0.1, -0.05) is 135 Å². The Balaban J connectivity index is 1.18. The van der Waals surface area contributed by atoms with Gasteiger partial charge in [-0.3, -0.25) is 0 Å². The molecule has 12 rings (SSSR count). The summed E-state index contributed by atoms with van der Waals surface area (Å²) in [5.74, 6) is 0. The Bertz CT molecular complexity index is 3200. The lowest BCUT2D eigenvalue weighted by atomic mass is 9.80. The highest BCUT2D eigenvalue weighted by atomic mass is 16.3. The first-order valence-electron chi connectivity index (χ1n) is 18.5. The maximum Gasteiger partial charge on any atom is 0.143 e. The molecule has 0 bridgehead atoms. The van der Waals surface area contributed by atoms with Crippen molar-refractivity contribution in [2.75, 3.05) is 0 Å². The number of benzene rings is 8. The molecule has 0 atom stereocenters. The molecule has 2 aromatic heterocycles. The Labute approximate surface area is 307 Å². The molecule has 8 aromatic carbocycles. The molecule has 0 fully saturated rings. The van der Waals surface area contributed by atoms with E-state index in [1.54, 1.807) is 0 Å². The highest BCUT2D eigenvalue weighted by molar-refractivity contribution is 6.17. The molecule has 0 aliphatic heterocycles. The zero-order valence-electron chi connectivity index (χ0n) is 29.4. The van der Waals surface area contributed by atoms with Gasteiger partial charge in [-0.2, -0.15) is 0 Å². The maximum atomic E-state index is 6.76. The molecule has 2 nitrogen and oxygen atoms in total. The first-order chi connectivity index (χ1) is 26.1. The number of para-hydroxylation sites is 2. The van der Waals surface area contributed by atoms with Crippen LogP contribution in [0.5, 0.6) is 0 Å². The second-order valence-corrected chi connectivity index (χ2v) is 15.2. The average molecular weight is 676 g/mol. The summed E-state index contributed by atoms with van der Waals surface area (Å²) in [6.45, 7) is 4.74. The number of nitrogens with zero attached hydrogens (tertiary/aromatic N) is 1. The quantitative estimate of drug-likeness (QED) is 0.169. The van der Waals surface area contributed by atoms with E-state index in [4.69, 9.17) is 4.42 Å². The van der Waals surface area contributed by atoms with Crippen LogP contribution in [-0.4, -0.2) is 4.57 Å². The molecule has 0 radical (unpaired) electrons. The number of aromatic nitrogens is 1. The van der Waals surface area contributed by atoms with Gasteiger partial charge < -0.3 is 8.98 Å². The van der Waals surface area contributed by atoms with E-state index in [0.29, 0.717) is 0 Å². The summed E-state index contributed by atoms with van der Waals surface area (Å²) in [6.07, 6.45) is 0. The normalized spacial score (nSPS) is 13.6. The van der Waals surface area contributed by atoms with E-state index >= 15 is 0 Å². The third-order valence-corrected chi connectivity index (χ3v) is 12.2. The molecule has 0 spiro atoms. The van der Waals surface area contributed by atoms with Crippen molar-refractivity contribution in [3.8, 4) is 61.3 Å². The zero-order chi connectivity index (χ0) is 35.0. The molecular weight excluding hydrogens is 643 g/mol. The van der Waals surface area contributed by atoms with Crippen LogP contribution < -0.4 is 0 Å². The monoisotopic (exact) mass is 675 g/mol. The van der Waals surface area contributed by atoms with Crippen molar-refractivity contribution in [1.29, 1.82) is 0 Å². The van der Waals surface area contributed by atoms with Crippen LogP contribution in [-0.2, 0) is 5.41 Å². The SMILES string of the molecule is CC1(C)c2ccccc2-c2cc3c4ccccc4n(-c4ccc5c(c4)-c4ccccc4-c4ccccc4-c4c-5ccc5c4oc4ccccc45)c3cc21. The molecule has 2 aliphatic rings. The van der Waals surface area contributed by atoms with Crippen LogP contribution in [0.15, 0.2) is 168 Å². The molecule has 248 valence electrons. The summed E-state index contributed by atoms with van der Waals surface area (Å²) in [6, 6.07) is 60.5. The fourth-order valence-electron chi connectivity index (χ4n) is 9.74.